The second kappa shape index (κ2) is 7.09. The molecular weight excluding hydrogens is 264 g/mol. The number of benzene rings is 1. The highest BCUT2D eigenvalue weighted by molar-refractivity contribution is 5.84. The van der Waals surface area contributed by atoms with Crippen molar-refractivity contribution in [3.05, 3.63) is 48.2 Å². The smallest absolute Gasteiger partial charge is 0.323 e. The van der Waals surface area contributed by atoms with Crippen LogP contribution in [-0.4, -0.2) is 30.6 Å². The number of carbonyl (C=O) groups excluding carboxylic acids is 1. The molecular formula is C17H22N2O2. The van der Waals surface area contributed by atoms with Gasteiger partial charge in [-0.3, -0.25) is 4.79 Å². The molecule has 0 unspecified atom stereocenters. The van der Waals surface area contributed by atoms with Gasteiger partial charge in [-0.25, -0.2) is 0 Å². The zero-order chi connectivity index (χ0) is 15.2. The first-order valence-electron chi connectivity index (χ1n) is 7.12. The first-order chi connectivity index (χ1) is 10.1. The molecule has 0 saturated carbocycles. The van der Waals surface area contributed by atoms with Crippen LogP contribution in [0.2, 0.25) is 0 Å². The zero-order valence-electron chi connectivity index (χ0n) is 12.6. The summed E-state index contributed by atoms with van der Waals surface area (Å²) in [4.78, 5) is 15.2. The minimum absolute atomic E-state index is 0.234. The van der Waals surface area contributed by atoms with E-state index >= 15 is 0 Å². The molecule has 21 heavy (non-hydrogen) atoms. The number of aromatic nitrogens is 1. The third kappa shape index (κ3) is 3.95. The Morgan fingerprint density at radius 2 is 2.19 bits per heavy atom. The summed E-state index contributed by atoms with van der Waals surface area (Å²) in [5.74, 6) is -0.234. The summed E-state index contributed by atoms with van der Waals surface area (Å²) in [6, 6.07) is 7.74. The molecule has 2 N–H and O–H groups in total. The van der Waals surface area contributed by atoms with Crippen LogP contribution in [0.15, 0.2) is 42.6 Å². The second-order valence-electron chi connectivity index (χ2n) is 5.30. The van der Waals surface area contributed by atoms with Gasteiger partial charge in [0.15, 0.2) is 0 Å². The Bertz CT molecular complexity index is 631. The maximum Gasteiger partial charge on any atom is 0.323 e. The van der Waals surface area contributed by atoms with E-state index in [-0.39, 0.29) is 12.0 Å². The number of nitrogens with one attached hydrogen (secondary N) is 2. The van der Waals surface area contributed by atoms with Gasteiger partial charge in [-0.2, -0.15) is 0 Å². The number of methoxy groups -OCH3 is 1. The molecule has 0 spiro atoms. The van der Waals surface area contributed by atoms with Crippen LogP contribution < -0.4 is 5.32 Å². The molecule has 0 aliphatic heterocycles. The fourth-order valence-electron chi connectivity index (χ4n) is 2.36. The zero-order valence-corrected chi connectivity index (χ0v) is 12.6. The molecule has 0 bridgehead atoms. The predicted octanol–water partition coefficient (Wildman–Crippen LogP) is 2.81. The summed E-state index contributed by atoms with van der Waals surface area (Å²) >= 11 is 0. The van der Waals surface area contributed by atoms with Crippen molar-refractivity contribution in [1.82, 2.24) is 10.3 Å². The van der Waals surface area contributed by atoms with Crippen LogP contribution in [0.25, 0.3) is 10.9 Å². The Morgan fingerprint density at radius 3 is 2.90 bits per heavy atom. The molecule has 4 heteroatoms. The number of rotatable bonds is 7. The lowest BCUT2D eigenvalue weighted by Gasteiger charge is -2.16. The molecule has 0 amide bonds. The van der Waals surface area contributed by atoms with Crippen molar-refractivity contribution in [1.29, 1.82) is 0 Å². The standard InChI is InChI=1S/C17H22N2O2/c1-12(2)8-9-18-16(17(20)21-3)10-13-11-19-15-7-5-4-6-14(13)15/h4-7,11,16,18-19H,1,8-10H2,2-3H3/t16-/m0/s1. The Hall–Kier alpha value is -2.07. The minimum atomic E-state index is -0.339. The summed E-state index contributed by atoms with van der Waals surface area (Å²) in [6.07, 6.45) is 3.41. The highest BCUT2D eigenvalue weighted by Gasteiger charge is 2.20. The minimum Gasteiger partial charge on any atom is -0.468 e. The van der Waals surface area contributed by atoms with Crippen molar-refractivity contribution in [2.75, 3.05) is 13.7 Å². The van der Waals surface area contributed by atoms with E-state index in [2.05, 4.69) is 22.9 Å². The molecule has 0 aliphatic carbocycles. The summed E-state index contributed by atoms with van der Waals surface area (Å²) in [7, 11) is 1.42. The van der Waals surface area contributed by atoms with Crippen LogP contribution >= 0.6 is 0 Å². The average Bonchev–Trinajstić information content (AvgIpc) is 2.88. The fraction of sp³-hybridized carbons (Fsp3) is 0.353. The Labute approximate surface area is 125 Å². The van der Waals surface area contributed by atoms with Crippen molar-refractivity contribution in [3.8, 4) is 0 Å². The number of fused-ring (bicyclic) bond motifs is 1. The van der Waals surface area contributed by atoms with Crippen LogP contribution in [0.3, 0.4) is 0 Å². The van der Waals surface area contributed by atoms with Crippen molar-refractivity contribution in [2.24, 2.45) is 0 Å². The van der Waals surface area contributed by atoms with Gasteiger partial charge in [0.2, 0.25) is 0 Å². The number of H-pyrrole nitrogens is 1. The fourth-order valence-corrected chi connectivity index (χ4v) is 2.36. The number of carbonyl (C=O) groups is 1. The van der Waals surface area contributed by atoms with Crippen molar-refractivity contribution >= 4 is 16.9 Å². The molecule has 1 heterocycles. The van der Waals surface area contributed by atoms with Crippen molar-refractivity contribution in [2.45, 2.75) is 25.8 Å². The van der Waals surface area contributed by atoms with Gasteiger partial charge >= 0.3 is 5.97 Å². The normalized spacial score (nSPS) is 12.3. The molecule has 0 radical (unpaired) electrons. The van der Waals surface area contributed by atoms with E-state index in [1.807, 2.05) is 31.3 Å². The van der Waals surface area contributed by atoms with Crippen LogP contribution in [-0.2, 0) is 16.0 Å². The van der Waals surface area contributed by atoms with E-state index in [0.717, 1.165) is 35.0 Å². The maximum absolute atomic E-state index is 11.9. The molecule has 2 rings (SSSR count). The number of ether oxygens (including phenoxy) is 1. The summed E-state index contributed by atoms with van der Waals surface area (Å²) in [6.45, 7) is 6.57. The highest BCUT2D eigenvalue weighted by Crippen LogP contribution is 2.19. The number of para-hydroxylation sites is 1. The van der Waals surface area contributed by atoms with Gasteiger partial charge in [0, 0.05) is 23.5 Å². The number of esters is 1. The van der Waals surface area contributed by atoms with Crippen LogP contribution in [0.4, 0.5) is 0 Å². The van der Waals surface area contributed by atoms with Gasteiger partial charge in [0.25, 0.3) is 0 Å². The van der Waals surface area contributed by atoms with Gasteiger partial charge in [0.05, 0.1) is 7.11 Å². The molecule has 112 valence electrons. The van der Waals surface area contributed by atoms with Crippen molar-refractivity contribution < 1.29 is 9.53 Å². The third-order valence-electron chi connectivity index (χ3n) is 3.53. The first kappa shape index (κ1) is 15.3. The molecule has 2 aromatic rings. The number of aromatic amines is 1. The van der Waals surface area contributed by atoms with Gasteiger partial charge in [-0.1, -0.05) is 23.8 Å². The molecule has 1 atom stereocenters. The van der Waals surface area contributed by atoms with Crippen LogP contribution in [0.1, 0.15) is 18.9 Å². The van der Waals surface area contributed by atoms with Gasteiger partial charge in [-0.15, -0.1) is 6.58 Å². The van der Waals surface area contributed by atoms with Crippen molar-refractivity contribution in [3.63, 3.8) is 0 Å². The SMILES string of the molecule is C=C(C)CCN[C@@H](Cc1c[nH]c2ccccc12)C(=O)OC. The molecule has 0 aliphatic rings. The first-order valence-corrected chi connectivity index (χ1v) is 7.12. The lowest BCUT2D eigenvalue weighted by atomic mass is 10.0. The summed E-state index contributed by atoms with van der Waals surface area (Å²) < 4.78 is 4.90. The topological polar surface area (TPSA) is 54.1 Å². The Kier molecular flexibility index (Phi) is 5.17. The molecule has 1 aromatic carbocycles. The highest BCUT2D eigenvalue weighted by atomic mass is 16.5. The van der Waals surface area contributed by atoms with Crippen LogP contribution in [0, 0.1) is 0 Å². The van der Waals surface area contributed by atoms with E-state index in [0.29, 0.717) is 6.42 Å². The predicted molar refractivity (Wildman–Crippen MR) is 85.2 cm³/mol. The van der Waals surface area contributed by atoms with E-state index < -0.39 is 0 Å². The number of hydrogen-bond acceptors (Lipinski definition) is 3. The average molecular weight is 286 g/mol. The Morgan fingerprint density at radius 1 is 1.43 bits per heavy atom. The number of hydrogen-bond donors (Lipinski definition) is 2. The van der Waals surface area contributed by atoms with E-state index in [1.165, 1.54) is 7.11 Å². The van der Waals surface area contributed by atoms with Crippen LogP contribution in [0.5, 0.6) is 0 Å². The quantitative estimate of drug-likeness (QED) is 0.608. The van der Waals surface area contributed by atoms with Gasteiger partial charge in [-0.05, 0) is 31.5 Å². The van der Waals surface area contributed by atoms with Gasteiger partial charge in [0.1, 0.15) is 6.04 Å². The Balaban J connectivity index is 2.10. The molecule has 4 nitrogen and oxygen atoms in total. The third-order valence-corrected chi connectivity index (χ3v) is 3.53. The molecule has 1 aromatic heterocycles. The monoisotopic (exact) mass is 286 g/mol. The largest absolute Gasteiger partial charge is 0.468 e. The lowest BCUT2D eigenvalue weighted by Crippen LogP contribution is -2.40. The van der Waals surface area contributed by atoms with Gasteiger partial charge < -0.3 is 15.0 Å². The van der Waals surface area contributed by atoms with E-state index in [9.17, 15) is 4.79 Å². The van der Waals surface area contributed by atoms with E-state index in [4.69, 9.17) is 4.74 Å². The summed E-state index contributed by atoms with van der Waals surface area (Å²) in [5.41, 5.74) is 3.29. The summed E-state index contributed by atoms with van der Waals surface area (Å²) in [5, 5.41) is 4.40. The second-order valence-corrected chi connectivity index (χ2v) is 5.30. The molecule has 0 fully saturated rings. The van der Waals surface area contributed by atoms with E-state index in [1.54, 1.807) is 0 Å². The maximum atomic E-state index is 11.9. The lowest BCUT2D eigenvalue weighted by molar-refractivity contribution is -0.143. The molecule has 0 saturated heterocycles.